The molecule has 0 aromatic carbocycles. The standard InChI is InChI=1S/C17H24O8/c1-11(13(18)25-12-8-6-5-7-9-12)10-17(14(19)22-2,15(20)23-3)16(21)24-4/h12H,1,5-10H2,2-4H3. The Hall–Kier alpha value is -2.38. The van der Waals surface area contributed by atoms with Crippen LogP contribution >= 0.6 is 0 Å². The zero-order chi connectivity index (χ0) is 19.0. The van der Waals surface area contributed by atoms with Gasteiger partial charge >= 0.3 is 23.9 Å². The molecule has 0 atom stereocenters. The smallest absolute Gasteiger partial charge is 0.335 e. The second-order valence-electron chi connectivity index (χ2n) is 5.83. The monoisotopic (exact) mass is 356 g/mol. The minimum atomic E-state index is -2.46. The lowest BCUT2D eigenvalue weighted by molar-refractivity contribution is -0.180. The first-order valence-corrected chi connectivity index (χ1v) is 7.97. The molecule has 1 saturated carbocycles. The van der Waals surface area contributed by atoms with Gasteiger partial charge in [0.2, 0.25) is 0 Å². The zero-order valence-electron chi connectivity index (χ0n) is 14.8. The Morgan fingerprint density at radius 2 is 1.32 bits per heavy atom. The van der Waals surface area contributed by atoms with Gasteiger partial charge in [-0.15, -0.1) is 0 Å². The van der Waals surface area contributed by atoms with Crippen LogP contribution in [0.3, 0.4) is 0 Å². The topological polar surface area (TPSA) is 105 Å². The first-order valence-electron chi connectivity index (χ1n) is 7.97. The van der Waals surface area contributed by atoms with Crippen LogP contribution < -0.4 is 0 Å². The van der Waals surface area contributed by atoms with Gasteiger partial charge in [-0.25, -0.2) is 4.79 Å². The van der Waals surface area contributed by atoms with Crippen LogP contribution in [0.5, 0.6) is 0 Å². The summed E-state index contributed by atoms with van der Waals surface area (Å²) in [6.07, 6.45) is 3.61. The van der Waals surface area contributed by atoms with Gasteiger partial charge < -0.3 is 18.9 Å². The van der Waals surface area contributed by atoms with Gasteiger partial charge in [0.15, 0.2) is 0 Å². The Labute approximate surface area is 146 Å². The molecule has 0 N–H and O–H groups in total. The van der Waals surface area contributed by atoms with Gasteiger partial charge in [0.25, 0.3) is 5.41 Å². The van der Waals surface area contributed by atoms with E-state index in [4.69, 9.17) is 4.74 Å². The predicted octanol–water partition coefficient (Wildman–Crippen LogP) is 1.31. The third kappa shape index (κ3) is 4.58. The molecule has 0 aromatic heterocycles. The molecular weight excluding hydrogens is 332 g/mol. The molecule has 0 unspecified atom stereocenters. The summed E-state index contributed by atoms with van der Waals surface area (Å²) in [5.74, 6) is -4.36. The summed E-state index contributed by atoms with van der Waals surface area (Å²) in [5, 5.41) is 0. The van der Waals surface area contributed by atoms with E-state index in [1.807, 2.05) is 0 Å². The molecule has 0 amide bonds. The van der Waals surface area contributed by atoms with Crippen molar-refractivity contribution in [3.8, 4) is 0 Å². The van der Waals surface area contributed by atoms with Gasteiger partial charge in [-0.05, 0) is 25.7 Å². The Kier molecular flexibility index (Phi) is 7.60. The molecular formula is C17H24O8. The highest BCUT2D eigenvalue weighted by molar-refractivity contribution is 6.18. The van der Waals surface area contributed by atoms with Gasteiger partial charge in [0.05, 0.1) is 21.3 Å². The van der Waals surface area contributed by atoms with Crippen LogP contribution in [-0.4, -0.2) is 51.3 Å². The van der Waals surface area contributed by atoms with Crippen LogP contribution in [0.25, 0.3) is 0 Å². The Morgan fingerprint density at radius 1 is 0.880 bits per heavy atom. The highest BCUT2D eigenvalue weighted by Crippen LogP contribution is 2.32. The van der Waals surface area contributed by atoms with E-state index in [1.165, 1.54) is 0 Å². The van der Waals surface area contributed by atoms with Gasteiger partial charge in [-0.1, -0.05) is 13.0 Å². The first kappa shape index (κ1) is 20.7. The van der Waals surface area contributed by atoms with E-state index >= 15 is 0 Å². The predicted molar refractivity (Wildman–Crippen MR) is 85.2 cm³/mol. The highest BCUT2D eigenvalue weighted by atomic mass is 16.6. The summed E-state index contributed by atoms with van der Waals surface area (Å²) in [7, 11) is 3.02. The highest BCUT2D eigenvalue weighted by Gasteiger charge is 2.57. The van der Waals surface area contributed by atoms with Crippen LogP contribution in [-0.2, 0) is 38.1 Å². The fourth-order valence-corrected chi connectivity index (χ4v) is 2.80. The number of carbonyl (C=O) groups is 4. The van der Waals surface area contributed by atoms with Crippen LogP contribution in [0.4, 0.5) is 0 Å². The number of methoxy groups -OCH3 is 3. The first-order chi connectivity index (χ1) is 11.8. The van der Waals surface area contributed by atoms with Crippen molar-refractivity contribution >= 4 is 23.9 Å². The molecule has 0 heterocycles. The number of esters is 4. The molecule has 0 saturated heterocycles. The number of carbonyl (C=O) groups excluding carboxylic acids is 4. The summed E-state index contributed by atoms with van der Waals surface area (Å²) >= 11 is 0. The van der Waals surface area contributed by atoms with Crippen molar-refractivity contribution in [3.63, 3.8) is 0 Å². The minimum absolute atomic E-state index is 0.216. The van der Waals surface area contributed by atoms with Gasteiger partial charge in [0.1, 0.15) is 6.10 Å². The lowest BCUT2D eigenvalue weighted by atomic mass is 9.81. The van der Waals surface area contributed by atoms with E-state index in [9.17, 15) is 19.2 Å². The quantitative estimate of drug-likeness (QED) is 0.291. The van der Waals surface area contributed by atoms with E-state index in [-0.39, 0.29) is 11.7 Å². The average Bonchev–Trinajstić information content (AvgIpc) is 2.64. The molecule has 0 bridgehead atoms. The normalized spacial score (nSPS) is 15.0. The number of hydrogen-bond acceptors (Lipinski definition) is 8. The molecule has 25 heavy (non-hydrogen) atoms. The average molecular weight is 356 g/mol. The fourth-order valence-electron chi connectivity index (χ4n) is 2.80. The van der Waals surface area contributed by atoms with Crippen molar-refractivity contribution in [1.29, 1.82) is 0 Å². The molecule has 1 rings (SSSR count). The van der Waals surface area contributed by atoms with E-state index in [2.05, 4.69) is 20.8 Å². The maximum Gasteiger partial charge on any atom is 0.335 e. The SMILES string of the molecule is C=C(CC(C(=O)OC)(C(=O)OC)C(=O)OC)C(=O)OC1CCCCC1. The number of rotatable bonds is 7. The zero-order valence-corrected chi connectivity index (χ0v) is 14.8. The molecule has 0 radical (unpaired) electrons. The Balaban J connectivity index is 3.00. The third-order valence-electron chi connectivity index (χ3n) is 4.19. The molecule has 0 aliphatic heterocycles. The maximum atomic E-state index is 12.2. The largest absolute Gasteiger partial charge is 0.468 e. The fraction of sp³-hybridized carbons (Fsp3) is 0.647. The Morgan fingerprint density at radius 3 is 1.72 bits per heavy atom. The molecule has 8 nitrogen and oxygen atoms in total. The molecule has 1 fully saturated rings. The summed E-state index contributed by atoms with van der Waals surface area (Å²) in [6.45, 7) is 3.56. The van der Waals surface area contributed by atoms with E-state index in [0.717, 1.165) is 53.4 Å². The molecule has 8 heteroatoms. The van der Waals surface area contributed by atoms with E-state index < -0.39 is 35.7 Å². The summed E-state index contributed by atoms with van der Waals surface area (Å²) in [5.41, 5.74) is -2.67. The summed E-state index contributed by atoms with van der Waals surface area (Å²) in [6, 6.07) is 0. The number of ether oxygens (including phenoxy) is 4. The van der Waals surface area contributed by atoms with Crippen molar-refractivity contribution in [3.05, 3.63) is 12.2 Å². The van der Waals surface area contributed by atoms with Gasteiger partial charge in [-0.3, -0.25) is 14.4 Å². The van der Waals surface area contributed by atoms with Crippen molar-refractivity contribution in [2.45, 2.75) is 44.6 Å². The van der Waals surface area contributed by atoms with Crippen molar-refractivity contribution in [2.24, 2.45) is 5.41 Å². The molecule has 0 aromatic rings. The van der Waals surface area contributed by atoms with Crippen molar-refractivity contribution in [1.82, 2.24) is 0 Å². The van der Waals surface area contributed by atoms with Crippen molar-refractivity contribution in [2.75, 3.05) is 21.3 Å². The van der Waals surface area contributed by atoms with Gasteiger partial charge in [0, 0.05) is 12.0 Å². The lowest BCUT2D eigenvalue weighted by Gasteiger charge is -2.27. The van der Waals surface area contributed by atoms with Crippen LogP contribution in [0, 0.1) is 5.41 Å². The molecule has 1 aliphatic carbocycles. The number of hydrogen-bond donors (Lipinski definition) is 0. The van der Waals surface area contributed by atoms with Crippen LogP contribution in [0.2, 0.25) is 0 Å². The van der Waals surface area contributed by atoms with Gasteiger partial charge in [-0.2, -0.15) is 0 Å². The van der Waals surface area contributed by atoms with Crippen molar-refractivity contribution < 1.29 is 38.1 Å². The molecule has 140 valence electrons. The lowest BCUT2D eigenvalue weighted by Crippen LogP contribution is -2.49. The molecule has 0 spiro atoms. The summed E-state index contributed by atoms with van der Waals surface area (Å²) < 4.78 is 19.0. The Bertz CT molecular complexity index is 504. The minimum Gasteiger partial charge on any atom is -0.468 e. The van der Waals surface area contributed by atoms with E-state index in [0.29, 0.717) is 0 Å². The maximum absolute atomic E-state index is 12.2. The summed E-state index contributed by atoms with van der Waals surface area (Å²) in [4.78, 5) is 48.7. The van der Waals surface area contributed by atoms with E-state index in [1.54, 1.807) is 0 Å². The van der Waals surface area contributed by atoms with Crippen LogP contribution in [0.1, 0.15) is 38.5 Å². The second-order valence-corrected chi connectivity index (χ2v) is 5.83. The van der Waals surface area contributed by atoms with Crippen LogP contribution in [0.15, 0.2) is 12.2 Å². The third-order valence-corrected chi connectivity index (χ3v) is 4.19. The second kappa shape index (κ2) is 9.19. The molecule has 1 aliphatic rings.